The summed E-state index contributed by atoms with van der Waals surface area (Å²) < 4.78 is 34.3. The van der Waals surface area contributed by atoms with E-state index in [0.717, 1.165) is 0 Å². The lowest BCUT2D eigenvalue weighted by Crippen LogP contribution is -2.59. The Morgan fingerprint density at radius 2 is 1.60 bits per heavy atom. The first-order valence-corrected chi connectivity index (χ1v) is 15.1. The monoisotopic (exact) mass is 664 g/mol. The average Bonchev–Trinajstić information content (AvgIpc) is 3.71. The molecule has 12 nitrogen and oxygen atoms in total. The maximum absolute atomic E-state index is 13.3. The fourth-order valence-electron chi connectivity index (χ4n) is 6.13. The number of carbonyl (C=O) groups is 2. The highest BCUT2D eigenvalue weighted by molar-refractivity contribution is 6.30. The number of rotatable bonds is 7. The van der Waals surface area contributed by atoms with Gasteiger partial charge in [0.2, 0.25) is 13.1 Å². The highest BCUT2D eigenvalue weighted by Gasteiger charge is 2.47. The molecule has 0 spiro atoms. The van der Waals surface area contributed by atoms with Crippen LogP contribution < -0.4 is 14.2 Å². The van der Waals surface area contributed by atoms with Crippen molar-refractivity contribution < 1.29 is 58.4 Å². The number of hydrogen-bond donors (Lipinski definition) is 4. The van der Waals surface area contributed by atoms with Crippen LogP contribution in [0.25, 0.3) is 21.9 Å². The van der Waals surface area contributed by atoms with Crippen molar-refractivity contribution in [3.63, 3.8) is 0 Å². The van der Waals surface area contributed by atoms with Crippen molar-refractivity contribution in [2.45, 2.75) is 57.5 Å². The molecule has 5 atom stereocenters. The summed E-state index contributed by atoms with van der Waals surface area (Å²) in [4.78, 5) is 26.3. The smallest absolute Gasteiger partial charge is 0.339 e. The Morgan fingerprint density at radius 1 is 0.894 bits per heavy atom. The molecule has 1 fully saturated rings. The van der Waals surface area contributed by atoms with Gasteiger partial charge in [-0.15, -0.1) is 0 Å². The van der Waals surface area contributed by atoms with Gasteiger partial charge in [0.1, 0.15) is 18.5 Å². The summed E-state index contributed by atoms with van der Waals surface area (Å²) in [6, 6.07) is 14.4. The zero-order valence-electron chi connectivity index (χ0n) is 24.8. The molecule has 3 heterocycles. The number of hydrogen-bond acceptors (Lipinski definition) is 12. The average molecular weight is 665 g/mol. The van der Waals surface area contributed by atoms with E-state index in [1.54, 1.807) is 30.3 Å². The van der Waals surface area contributed by atoms with Crippen molar-refractivity contribution in [3.8, 4) is 28.4 Å². The van der Waals surface area contributed by atoms with Crippen LogP contribution in [-0.4, -0.2) is 69.9 Å². The molecule has 1 saturated heterocycles. The third-order valence-corrected chi connectivity index (χ3v) is 8.82. The van der Waals surface area contributed by atoms with Gasteiger partial charge in [0.05, 0.1) is 30.4 Å². The number of cyclic esters (lactones) is 1. The Morgan fingerprint density at radius 3 is 2.32 bits per heavy atom. The molecule has 1 unspecified atom stereocenters. The second-order valence-corrected chi connectivity index (χ2v) is 11.8. The van der Waals surface area contributed by atoms with Crippen LogP contribution in [0.4, 0.5) is 0 Å². The predicted molar refractivity (Wildman–Crippen MR) is 164 cm³/mol. The first kappa shape index (κ1) is 31.2. The van der Waals surface area contributed by atoms with E-state index >= 15 is 0 Å². The minimum atomic E-state index is -1.68. The lowest BCUT2D eigenvalue weighted by atomic mass is 9.87. The minimum Gasteiger partial charge on any atom is -0.461 e. The van der Waals surface area contributed by atoms with E-state index in [4.69, 9.17) is 40.0 Å². The Hall–Kier alpha value is -4.43. The zero-order valence-corrected chi connectivity index (χ0v) is 25.6. The molecule has 3 aliphatic rings. The maximum atomic E-state index is 13.3. The van der Waals surface area contributed by atoms with Crippen molar-refractivity contribution in [2.24, 2.45) is 0 Å². The molecule has 0 amide bonds. The molecule has 3 aliphatic heterocycles. The molecule has 4 aromatic carbocycles. The predicted octanol–water partition coefficient (Wildman–Crippen LogP) is 3.61. The van der Waals surface area contributed by atoms with E-state index in [2.05, 4.69) is 0 Å². The molecule has 244 valence electrons. The van der Waals surface area contributed by atoms with Crippen LogP contribution in [0.15, 0.2) is 54.6 Å². The molecule has 7 rings (SSSR count). The van der Waals surface area contributed by atoms with Crippen molar-refractivity contribution in [1.82, 2.24) is 0 Å². The lowest BCUT2D eigenvalue weighted by Gasteiger charge is -2.41. The molecule has 0 radical (unpaired) electrons. The molecule has 0 bridgehead atoms. The van der Waals surface area contributed by atoms with Gasteiger partial charge in [0, 0.05) is 21.5 Å². The first-order chi connectivity index (χ1) is 22.7. The number of halogens is 1. The Kier molecular flexibility index (Phi) is 8.16. The molecule has 0 aromatic heterocycles. The number of aliphatic hydroxyl groups is 4. The third-order valence-electron chi connectivity index (χ3n) is 8.57. The molecular weight excluding hydrogens is 636 g/mol. The summed E-state index contributed by atoms with van der Waals surface area (Å²) in [5.74, 6) is -0.294. The fourth-order valence-corrected chi connectivity index (χ4v) is 6.25. The van der Waals surface area contributed by atoms with Crippen LogP contribution in [0.2, 0.25) is 5.02 Å². The van der Waals surface area contributed by atoms with Crippen molar-refractivity contribution in [1.29, 1.82) is 0 Å². The number of ether oxygens (including phenoxy) is 6. The van der Waals surface area contributed by atoms with Crippen molar-refractivity contribution >= 4 is 34.3 Å². The van der Waals surface area contributed by atoms with Gasteiger partial charge in [0.15, 0.2) is 23.7 Å². The van der Waals surface area contributed by atoms with Crippen molar-refractivity contribution in [3.05, 3.63) is 87.4 Å². The van der Waals surface area contributed by atoms with E-state index in [1.165, 1.54) is 31.2 Å². The van der Waals surface area contributed by atoms with Crippen LogP contribution in [0.3, 0.4) is 0 Å². The number of aliphatic hydroxyl groups excluding tert-OH is 4. The molecule has 4 N–H and O–H groups in total. The zero-order chi connectivity index (χ0) is 33.0. The maximum Gasteiger partial charge on any atom is 0.339 e. The standard InChI is InChI=1S/C34H29ClO12/c1-15-28(38)31(46-32(40)16-2-5-20(35)6-3-16)29(39)34(45-15)47-30-22-9-19(12-37)18(11-36)8-21(22)26(27-23(30)13-42-33(27)41)17-4-7-24-25(10-17)44-14-43-24/h2-10,15,28-29,31,34,36-39H,11-14H2,1H3/t15-,28-,29-,31+,34?/m1/s1. The number of fused-ring (bicyclic) bond motifs is 3. The van der Waals surface area contributed by atoms with Gasteiger partial charge in [-0.25, -0.2) is 9.59 Å². The minimum absolute atomic E-state index is 0.0494. The summed E-state index contributed by atoms with van der Waals surface area (Å²) in [6.07, 6.45) is -6.97. The molecule has 0 aliphatic carbocycles. The van der Waals surface area contributed by atoms with E-state index in [9.17, 15) is 30.0 Å². The Labute approximate surface area is 272 Å². The number of benzene rings is 4. The molecule has 4 aromatic rings. The van der Waals surface area contributed by atoms with Gasteiger partial charge < -0.3 is 48.8 Å². The highest BCUT2D eigenvalue weighted by Crippen LogP contribution is 2.48. The van der Waals surface area contributed by atoms with Gasteiger partial charge >= 0.3 is 11.9 Å². The van der Waals surface area contributed by atoms with E-state index in [0.29, 0.717) is 55.1 Å². The van der Waals surface area contributed by atoms with Gasteiger partial charge in [-0.2, -0.15) is 0 Å². The molecule has 13 heteroatoms. The van der Waals surface area contributed by atoms with Gasteiger partial charge in [-0.3, -0.25) is 0 Å². The first-order valence-electron chi connectivity index (χ1n) is 14.8. The molecule has 0 saturated carbocycles. The SMILES string of the molecule is C[C@H]1OC(Oc2c3c(c(-c4ccc5c(c4)OCO5)c4cc(CO)c(CO)cc24)C(=O)OC3)[C@H](O)[C@@H](OC(=O)c2ccc(Cl)cc2)[C@@H]1O. The van der Waals surface area contributed by atoms with E-state index in [1.807, 2.05) is 0 Å². The fraction of sp³-hybridized carbons (Fsp3) is 0.294. The summed E-state index contributed by atoms with van der Waals surface area (Å²) in [6.45, 7) is 0.596. The normalized spacial score (nSPS) is 23.0. The van der Waals surface area contributed by atoms with Crippen molar-refractivity contribution in [2.75, 3.05) is 6.79 Å². The number of carbonyl (C=O) groups excluding carboxylic acids is 2. The highest BCUT2D eigenvalue weighted by atomic mass is 35.5. The van der Waals surface area contributed by atoms with E-state index < -0.39 is 55.9 Å². The number of esters is 2. The van der Waals surface area contributed by atoms with Crippen LogP contribution in [-0.2, 0) is 34.0 Å². The Balaban J connectivity index is 1.34. The third kappa shape index (κ3) is 5.42. The second-order valence-electron chi connectivity index (χ2n) is 11.4. The quantitative estimate of drug-likeness (QED) is 0.212. The summed E-state index contributed by atoms with van der Waals surface area (Å²) in [7, 11) is 0. The van der Waals surface area contributed by atoms with Crippen LogP contribution >= 0.6 is 11.6 Å². The van der Waals surface area contributed by atoms with Gasteiger partial charge in [-0.05, 0) is 77.5 Å². The topological polar surface area (TPSA) is 170 Å². The van der Waals surface area contributed by atoms with E-state index in [-0.39, 0.29) is 30.3 Å². The molecular formula is C34H29ClO12. The second kappa shape index (κ2) is 12.3. The summed E-state index contributed by atoms with van der Waals surface area (Å²) in [5, 5.41) is 43.9. The van der Waals surface area contributed by atoms with Crippen LogP contribution in [0, 0.1) is 0 Å². The van der Waals surface area contributed by atoms with Gasteiger partial charge in [-0.1, -0.05) is 17.7 Å². The summed E-state index contributed by atoms with van der Waals surface area (Å²) >= 11 is 5.93. The molecule has 47 heavy (non-hydrogen) atoms. The summed E-state index contributed by atoms with van der Waals surface area (Å²) in [5.41, 5.74) is 2.58. The van der Waals surface area contributed by atoms with Gasteiger partial charge in [0.25, 0.3) is 0 Å². The lowest BCUT2D eigenvalue weighted by molar-refractivity contribution is -0.267. The largest absolute Gasteiger partial charge is 0.461 e. The van der Waals surface area contributed by atoms with Crippen LogP contribution in [0.5, 0.6) is 17.2 Å². The van der Waals surface area contributed by atoms with Crippen LogP contribution in [0.1, 0.15) is 44.3 Å². The Bertz CT molecular complexity index is 1890.